The zero-order chi connectivity index (χ0) is 19.6. The molecule has 1 N–H and O–H groups in total. The number of methoxy groups -OCH3 is 2. The fourth-order valence-electron chi connectivity index (χ4n) is 3.31. The second-order valence-electron chi connectivity index (χ2n) is 6.61. The molecule has 0 bridgehead atoms. The highest BCUT2D eigenvalue weighted by atomic mass is 16.5. The van der Waals surface area contributed by atoms with Crippen molar-refractivity contribution in [3.8, 4) is 11.5 Å². The van der Waals surface area contributed by atoms with E-state index in [2.05, 4.69) is 5.32 Å². The lowest BCUT2D eigenvalue weighted by Crippen LogP contribution is -2.33. The Morgan fingerprint density at radius 2 is 1.93 bits per heavy atom. The van der Waals surface area contributed by atoms with Gasteiger partial charge in [-0.15, -0.1) is 0 Å². The molecule has 1 fully saturated rings. The number of benzene rings is 2. The first-order chi connectivity index (χ1) is 13.0. The maximum Gasteiger partial charge on any atom is 0.239 e. The van der Waals surface area contributed by atoms with Crippen LogP contribution in [-0.2, 0) is 9.59 Å². The molecule has 0 aliphatic carbocycles. The van der Waals surface area contributed by atoms with Crippen molar-refractivity contribution in [2.75, 3.05) is 31.0 Å². The van der Waals surface area contributed by atoms with Gasteiger partial charge >= 0.3 is 0 Å². The molecular weight excluding hydrogens is 344 g/mol. The van der Waals surface area contributed by atoms with E-state index >= 15 is 0 Å². The SMILES string of the molecule is COc1ccc(NC(=O)C2CCN(c3cccc(C)c3C)C2=O)c(OC)c1. The molecule has 1 aliphatic rings. The fourth-order valence-corrected chi connectivity index (χ4v) is 3.31. The van der Waals surface area contributed by atoms with E-state index in [1.807, 2.05) is 32.0 Å². The lowest BCUT2D eigenvalue weighted by Gasteiger charge is -2.20. The number of hydrogen-bond acceptors (Lipinski definition) is 4. The molecule has 1 heterocycles. The second kappa shape index (κ2) is 7.70. The largest absolute Gasteiger partial charge is 0.497 e. The van der Waals surface area contributed by atoms with Gasteiger partial charge in [-0.05, 0) is 49.6 Å². The average Bonchev–Trinajstić information content (AvgIpc) is 3.05. The Labute approximate surface area is 159 Å². The van der Waals surface area contributed by atoms with Crippen molar-refractivity contribution in [1.29, 1.82) is 0 Å². The fraction of sp³-hybridized carbons (Fsp3) is 0.333. The highest BCUT2D eigenvalue weighted by Gasteiger charge is 2.38. The van der Waals surface area contributed by atoms with Gasteiger partial charge in [0.2, 0.25) is 11.8 Å². The lowest BCUT2D eigenvalue weighted by molar-refractivity contribution is -0.129. The predicted octanol–water partition coefficient (Wildman–Crippen LogP) is 3.31. The maximum absolute atomic E-state index is 12.9. The van der Waals surface area contributed by atoms with Crippen LogP contribution in [0.3, 0.4) is 0 Å². The van der Waals surface area contributed by atoms with Crippen LogP contribution in [0.1, 0.15) is 17.5 Å². The van der Waals surface area contributed by atoms with E-state index in [4.69, 9.17) is 9.47 Å². The van der Waals surface area contributed by atoms with Crippen molar-refractivity contribution in [2.24, 2.45) is 5.92 Å². The first kappa shape index (κ1) is 18.8. The highest BCUT2D eigenvalue weighted by molar-refractivity contribution is 6.13. The Morgan fingerprint density at radius 3 is 2.63 bits per heavy atom. The van der Waals surface area contributed by atoms with Gasteiger partial charge in [0.25, 0.3) is 0 Å². The van der Waals surface area contributed by atoms with E-state index in [0.717, 1.165) is 16.8 Å². The van der Waals surface area contributed by atoms with Gasteiger partial charge in [-0.3, -0.25) is 9.59 Å². The molecule has 1 aliphatic heterocycles. The number of anilines is 2. The number of rotatable bonds is 5. The molecule has 0 aromatic heterocycles. The summed E-state index contributed by atoms with van der Waals surface area (Å²) in [4.78, 5) is 27.3. The Balaban J connectivity index is 1.77. The van der Waals surface area contributed by atoms with Crippen molar-refractivity contribution in [3.05, 3.63) is 47.5 Å². The third kappa shape index (κ3) is 3.60. The minimum absolute atomic E-state index is 0.173. The Kier molecular flexibility index (Phi) is 5.35. The van der Waals surface area contributed by atoms with E-state index in [1.54, 1.807) is 30.2 Å². The van der Waals surface area contributed by atoms with Crippen LogP contribution in [0.5, 0.6) is 11.5 Å². The second-order valence-corrected chi connectivity index (χ2v) is 6.61. The number of hydrogen-bond donors (Lipinski definition) is 1. The van der Waals surface area contributed by atoms with E-state index in [-0.39, 0.29) is 11.8 Å². The topological polar surface area (TPSA) is 67.9 Å². The molecular formula is C21H24N2O4. The van der Waals surface area contributed by atoms with Crippen molar-refractivity contribution in [3.63, 3.8) is 0 Å². The molecule has 1 unspecified atom stereocenters. The zero-order valence-corrected chi connectivity index (χ0v) is 16.0. The number of amides is 2. The van der Waals surface area contributed by atoms with Gasteiger partial charge < -0.3 is 19.7 Å². The third-order valence-corrected chi connectivity index (χ3v) is 5.06. The molecule has 2 aromatic rings. The third-order valence-electron chi connectivity index (χ3n) is 5.06. The lowest BCUT2D eigenvalue weighted by atomic mass is 10.1. The molecule has 0 spiro atoms. The van der Waals surface area contributed by atoms with Gasteiger partial charge in [0, 0.05) is 18.3 Å². The van der Waals surface area contributed by atoms with Crippen LogP contribution >= 0.6 is 0 Å². The Bertz CT molecular complexity index is 878. The average molecular weight is 368 g/mol. The number of ether oxygens (including phenoxy) is 2. The van der Waals surface area contributed by atoms with Crippen molar-refractivity contribution in [1.82, 2.24) is 0 Å². The van der Waals surface area contributed by atoms with E-state index in [9.17, 15) is 9.59 Å². The summed E-state index contributed by atoms with van der Waals surface area (Å²) < 4.78 is 10.5. The number of aryl methyl sites for hydroxylation is 1. The number of nitrogens with zero attached hydrogens (tertiary/aromatic N) is 1. The summed E-state index contributed by atoms with van der Waals surface area (Å²) in [6.07, 6.45) is 0.483. The van der Waals surface area contributed by atoms with Crippen LogP contribution in [0.4, 0.5) is 11.4 Å². The number of carbonyl (C=O) groups excluding carboxylic acids is 2. The van der Waals surface area contributed by atoms with E-state index in [1.165, 1.54) is 7.11 Å². The highest BCUT2D eigenvalue weighted by Crippen LogP contribution is 2.32. The molecule has 27 heavy (non-hydrogen) atoms. The zero-order valence-electron chi connectivity index (χ0n) is 16.0. The molecule has 0 radical (unpaired) electrons. The van der Waals surface area contributed by atoms with Gasteiger partial charge in [0.15, 0.2) is 0 Å². The molecule has 6 nitrogen and oxygen atoms in total. The molecule has 142 valence electrons. The normalized spacial score (nSPS) is 16.4. The Hall–Kier alpha value is -3.02. The van der Waals surface area contributed by atoms with Gasteiger partial charge in [-0.2, -0.15) is 0 Å². The molecule has 2 aromatic carbocycles. The van der Waals surface area contributed by atoms with Gasteiger partial charge in [0.1, 0.15) is 17.4 Å². The summed E-state index contributed by atoms with van der Waals surface area (Å²) in [6, 6.07) is 11.0. The standard InChI is InChI=1S/C21H24N2O4/c1-13-6-5-7-18(14(13)2)23-11-10-16(21(23)25)20(24)22-17-9-8-15(26-3)12-19(17)27-4/h5-9,12,16H,10-11H2,1-4H3,(H,22,24). The van der Waals surface area contributed by atoms with Gasteiger partial charge in [0.05, 0.1) is 19.9 Å². The quantitative estimate of drug-likeness (QED) is 0.822. The number of carbonyl (C=O) groups is 2. The minimum Gasteiger partial charge on any atom is -0.497 e. The predicted molar refractivity (Wildman–Crippen MR) is 105 cm³/mol. The van der Waals surface area contributed by atoms with Crippen molar-refractivity contribution in [2.45, 2.75) is 20.3 Å². The smallest absolute Gasteiger partial charge is 0.239 e. The summed E-state index contributed by atoms with van der Waals surface area (Å²) >= 11 is 0. The molecule has 1 atom stereocenters. The number of nitrogens with one attached hydrogen (secondary N) is 1. The van der Waals surface area contributed by atoms with Crippen LogP contribution < -0.4 is 19.7 Å². The summed E-state index contributed by atoms with van der Waals surface area (Å²) in [5, 5.41) is 2.82. The minimum atomic E-state index is -0.711. The van der Waals surface area contributed by atoms with Crippen LogP contribution in [0.2, 0.25) is 0 Å². The first-order valence-electron chi connectivity index (χ1n) is 8.86. The molecule has 6 heteroatoms. The molecule has 1 saturated heterocycles. The van der Waals surface area contributed by atoms with E-state index < -0.39 is 5.92 Å². The molecule has 3 rings (SSSR count). The van der Waals surface area contributed by atoms with Gasteiger partial charge in [-0.1, -0.05) is 12.1 Å². The van der Waals surface area contributed by atoms with Crippen molar-refractivity contribution >= 4 is 23.2 Å². The summed E-state index contributed by atoms with van der Waals surface area (Å²) in [6.45, 7) is 4.54. The van der Waals surface area contributed by atoms with Crippen molar-refractivity contribution < 1.29 is 19.1 Å². The van der Waals surface area contributed by atoms with E-state index in [0.29, 0.717) is 30.2 Å². The van der Waals surface area contributed by atoms with Crippen LogP contribution in [0.15, 0.2) is 36.4 Å². The first-order valence-corrected chi connectivity index (χ1v) is 8.86. The summed E-state index contributed by atoms with van der Waals surface area (Å²) in [5.41, 5.74) is 3.57. The summed E-state index contributed by atoms with van der Waals surface area (Å²) in [5.74, 6) is -0.0934. The van der Waals surface area contributed by atoms with Crippen LogP contribution in [0, 0.1) is 19.8 Å². The van der Waals surface area contributed by atoms with Crippen LogP contribution in [-0.4, -0.2) is 32.6 Å². The monoisotopic (exact) mass is 368 g/mol. The Morgan fingerprint density at radius 1 is 1.15 bits per heavy atom. The summed E-state index contributed by atoms with van der Waals surface area (Å²) in [7, 11) is 3.08. The molecule has 0 saturated carbocycles. The maximum atomic E-state index is 12.9. The molecule has 2 amide bonds. The van der Waals surface area contributed by atoms with Gasteiger partial charge in [-0.25, -0.2) is 0 Å². The van der Waals surface area contributed by atoms with Crippen LogP contribution in [0.25, 0.3) is 0 Å².